The number of hydrogen-bond donors (Lipinski definition) is 2. The van der Waals surface area contributed by atoms with Crippen LogP contribution in [0.2, 0.25) is 0 Å². The third kappa shape index (κ3) is 9.80. The van der Waals surface area contributed by atoms with Crippen LogP contribution in [0.3, 0.4) is 0 Å². The minimum Gasteiger partial charge on any atom is -0.497 e. The molecule has 0 spiro atoms. The van der Waals surface area contributed by atoms with Gasteiger partial charge in [-0.15, -0.1) is 10.2 Å². The van der Waals surface area contributed by atoms with Gasteiger partial charge in [0.15, 0.2) is 0 Å². The second-order valence-corrected chi connectivity index (χ2v) is 19.7. The smallest absolute Gasteiger partial charge is 0.407 e. The monoisotopic (exact) mass is 959 g/mol. The maximum absolute atomic E-state index is 15.6. The van der Waals surface area contributed by atoms with Crippen molar-refractivity contribution >= 4 is 48.7 Å². The van der Waals surface area contributed by atoms with Crippen LogP contribution in [-0.2, 0) is 39.7 Å². The van der Waals surface area contributed by atoms with Crippen LogP contribution in [0.5, 0.6) is 17.2 Å². The topological polar surface area (TPSA) is 195 Å². The number of tetrazole rings is 1. The molecule has 1 aromatic heterocycles. The number of carboxylic acid groups (broad SMARTS) is 1. The van der Waals surface area contributed by atoms with Crippen LogP contribution in [0.15, 0.2) is 94.7 Å². The molecule has 0 radical (unpaired) electrons. The molecule has 59 heavy (non-hydrogen) atoms. The van der Waals surface area contributed by atoms with Crippen LogP contribution in [0.1, 0.15) is 43.9 Å². The summed E-state index contributed by atoms with van der Waals surface area (Å²) in [5.41, 5.74) is 1.29. The summed E-state index contributed by atoms with van der Waals surface area (Å²) in [5.74, 6) is 1.69. The molecular weight excluding hydrogens is 914 g/mol. The van der Waals surface area contributed by atoms with Gasteiger partial charge >= 0.3 is 6.09 Å². The molecule has 1 aliphatic heterocycles. The van der Waals surface area contributed by atoms with Gasteiger partial charge in [-0.25, -0.2) is 26.4 Å². The molecule has 2 heterocycles. The zero-order valence-corrected chi connectivity index (χ0v) is 37.2. The zero-order valence-electron chi connectivity index (χ0n) is 33.4. The number of nitrogens with one attached hydrogen (secondary N) is 1. The highest BCUT2D eigenvalue weighted by Crippen LogP contribution is 2.39. The number of rotatable bonds is 15. The predicted molar refractivity (Wildman–Crippen MR) is 227 cm³/mol. The number of sulfonamides is 2. The number of likely N-dealkylation sites (tertiary alicyclic amines) is 1. The minimum absolute atomic E-state index is 0.0603. The van der Waals surface area contributed by atoms with E-state index in [9.17, 15) is 18.3 Å². The van der Waals surface area contributed by atoms with Gasteiger partial charge in [0.05, 0.1) is 39.5 Å². The second-order valence-electron chi connectivity index (χ2n) is 15.0. The van der Waals surface area contributed by atoms with Crippen molar-refractivity contribution in [3.63, 3.8) is 0 Å². The summed E-state index contributed by atoms with van der Waals surface area (Å²) in [7, 11) is -4.87. The summed E-state index contributed by atoms with van der Waals surface area (Å²) in [6, 6.07) is 22.1. The van der Waals surface area contributed by atoms with Crippen molar-refractivity contribution in [3.8, 4) is 28.6 Å². The molecule has 19 heteroatoms. The van der Waals surface area contributed by atoms with Crippen molar-refractivity contribution in [2.45, 2.75) is 68.7 Å². The first kappa shape index (κ1) is 43.7. The maximum Gasteiger partial charge on any atom is 0.407 e. The van der Waals surface area contributed by atoms with Gasteiger partial charge in [0.25, 0.3) is 0 Å². The fourth-order valence-corrected chi connectivity index (χ4v) is 11.8. The molecule has 2 N–H and O–H groups in total. The standard InChI is InChI=1S/C40H46IN7O9S2/c1-40(2,3)37-33(21-22-47(37)39(49)50)44-58(51,52)34-20-19-32(41)35(38-42-45-48(43-38)25-28-11-17-31(57-6)18-12-28)36(34)59(53,54)46(23-26-7-13-29(55-4)14-8-26)24-27-9-15-30(56-5)16-10-27/h7-20,33,37,44H,21-25H2,1-6H3,(H,49,50). The van der Waals surface area contributed by atoms with Crippen LogP contribution >= 0.6 is 22.6 Å². The van der Waals surface area contributed by atoms with Crippen molar-refractivity contribution in [1.29, 1.82) is 0 Å². The Balaban J connectivity index is 1.52. The molecule has 1 saturated heterocycles. The first-order valence-electron chi connectivity index (χ1n) is 18.5. The van der Waals surface area contributed by atoms with Crippen molar-refractivity contribution in [2.24, 2.45) is 5.41 Å². The quantitative estimate of drug-likeness (QED) is 0.119. The number of ether oxygens (including phenoxy) is 3. The third-order valence-corrected chi connectivity index (χ3v) is 14.4. The molecule has 1 fully saturated rings. The van der Waals surface area contributed by atoms with Crippen LogP contribution in [0, 0.1) is 8.99 Å². The highest BCUT2D eigenvalue weighted by Gasteiger charge is 2.46. The molecule has 1 amide bonds. The first-order chi connectivity index (χ1) is 27.9. The molecule has 5 aromatic rings. The molecule has 0 aliphatic carbocycles. The van der Waals surface area contributed by atoms with E-state index in [1.165, 1.54) is 40.4 Å². The lowest BCUT2D eigenvalue weighted by molar-refractivity contribution is 0.0999. The van der Waals surface area contributed by atoms with Crippen LogP contribution < -0.4 is 18.9 Å². The maximum atomic E-state index is 15.6. The van der Waals surface area contributed by atoms with Crippen molar-refractivity contribution in [1.82, 2.24) is 34.1 Å². The largest absolute Gasteiger partial charge is 0.497 e. The Morgan fingerprint density at radius 1 is 0.831 bits per heavy atom. The number of aromatic nitrogens is 4. The average molecular weight is 960 g/mol. The summed E-state index contributed by atoms with van der Waals surface area (Å²) in [4.78, 5) is 13.7. The Hall–Kier alpha value is -4.83. The third-order valence-electron chi connectivity index (χ3n) is 9.99. The molecule has 0 bridgehead atoms. The van der Waals surface area contributed by atoms with Gasteiger partial charge in [-0.2, -0.15) is 9.10 Å². The van der Waals surface area contributed by atoms with Gasteiger partial charge in [0, 0.05) is 29.2 Å². The summed E-state index contributed by atoms with van der Waals surface area (Å²) in [6.07, 6.45) is -1.00. The lowest BCUT2D eigenvalue weighted by atomic mass is 9.83. The Morgan fingerprint density at radius 2 is 1.34 bits per heavy atom. The number of amides is 1. The highest BCUT2D eigenvalue weighted by molar-refractivity contribution is 14.1. The fraction of sp³-hybridized carbons (Fsp3) is 0.350. The summed E-state index contributed by atoms with van der Waals surface area (Å²) in [6.45, 7) is 5.44. The van der Waals surface area contributed by atoms with Crippen LogP contribution in [-0.4, -0.2) is 97.4 Å². The molecule has 2 unspecified atom stereocenters. The first-order valence-corrected chi connectivity index (χ1v) is 22.5. The number of halogens is 1. The van der Waals surface area contributed by atoms with Crippen LogP contribution in [0.4, 0.5) is 4.79 Å². The second kappa shape index (κ2) is 17.8. The van der Waals surface area contributed by atoms with E-state index in [4.69, 9.17) is 14.2 Å². The van der Waals surface area contributed by atoms with Gasteiger partial charge in [-0.3, -0.25) is 0 Å². The van der Waals surface area contributed by atoms with E-state index in [-0.39, 0.29) is 44.0 Å². The summed E-state index contributed by atoms with van der Waals surface area (Å²) >= 11 is 1.95. The van der Waals surface area contributed by atoms with E-state index in [1.54, 1.807) is 67.8 Å². The van der Waals surface area contributed by atoms with Crippen molar-refractivity contribution in [2.75, 3.05) is 27.9 Å². The number of nitrogens with zero attached hydrogens (tertiary/aromatic N) is 6. The van der Waals surface area contributed by atoms with E-state index >= 15 is 8.42 Å². The van der Waals surface area contributed by atoms with E-state index in [0.29, 0.717) is 31.9 Å². The van der Waals surface area contributed by atoms with Gasteiger partial charge in [0.2, 0.25) is 25.9 Å². The normalized spacial score (nSPS) is 16.0. The van der Waals surface area contributed by atoms with Crippen LogP contribution in [0.25, 0.3) is 11.4 Å². The Kier molecular flexibility index (Phi) is 13.2. The number of carbonyl (C=O) groups is 1. The molecule has 16 nitrogen and oxygen atoms in total. The SMILES string of the molecule is COc1ccc(CN(Cc2ccc(OC)cc2)S(=O)(=O)c2c(S(=O)(=O)NC3CCN(C(=O)O)C3C(C)(C)C)ccc(I)c2-c2nnn(Cc3ccc(OC)cc3)n2)cc1. The van der Waals surface area contributed by atoms with Crippen molar-refractivity contribution in [3.05, 3.63) is 105 Å². The number of hydrogen-bond acceptors (Lipinski definition) is 11. The van der Waals surface area contributed by atoms with E-state index in [2.05, 4.69) is 20.1 Å². The molecular formula is C40H46IN7O9S2. The van der Waals surface area contributed by atoms with Gasteiger partial charge in [0.1, 0.15) is 27.0 Å². The van der Waals surface area contributed by atoms with Gasteiger partial charge < -0.3 is 24.2 Å². The predicted octanol–water partition coefficient (Wildman–Crippen LogP) is 5.86. The molecule has 2 atom stereocenters. The lowest BCUT2D eigenvalue weighted by Gasteiger charge is -2.37. The zero-order chi connectivity index (χ0) is 42.7. The van der Waals surface area contributed by atoms with Gasteiger partial charge in [-0.05, 0) is 105 Å². The van der Waals surface area contributed by atoms with E-state index in [0.717, 1.165) is 5.56 Å². The molecule has 6 rings (SSSR count). The molecule has 0 saturated carbocycles. The Labute approximate surface area is 357 Å². The Morgan fingerprint density at radius 3 is 1.81 bits per heavy atom. The summed E-state index contributed by atoms with van der Waals surface area (Å²) in [5, 5.41) is 23.1. The van der Waals surface area contributed by atoms with Crippen molar-refractivity contribution < 1.29 is 40.9 Å². The Bertz CT molecular complexity index is 2450. The van der Waals surface area contributed by atoms with E-state index < -0.39 is 53.4 Å². The molecule has 1 aliphatic rings. The van der Waals surface area contributed by atoms with Gasteiger partial charge in [-0.1, -0.05) is 57.2 Å². The van der Waals surface area contributed by atoms with E-state index in [1.807, 2.05) is 55.5 Å². The number of benzene rings is 4. The number of methoxy groups -OCH3 is 3. The average Bonchev–Trinajstić information content (AvgIpc) is 3.85. The summed E-state index contributed by atoms with van der Waals surface area (Å²) < 4.78 is 81.0. The minimum atomic E-state index is -4.79. The molecule has 314 valence electrons. The fourth-order valence-electron chi connectivity index (χ4n) is 7.21. The highest BCUT2D eigenvalue weighted by atomic mass is 127. The molecule has 4 aromatic carbocycles. The lowest BCUT2D eigenvalue weighted by Crippen LogP contribution is -2.52.